The van der Waals surface area contributed by atoms with Crippen LogP contribution in [0.2, 0.25) is 0 Å². The molecule has 2 aromatic rings. The zero-order valence-corrected chi connectivity index (χ0v) is 9.21. The number of hydrogen-bond donors (Lipinski definition) is 4. The number of amides is 1. The fraction of sp³-hybridized carbons (Fsp3) is 0.250. The van der Waals surface area contributed by atoms with Gasteiger partial charge in [0.2, 0.25) is 0 Å². The third-order valence-corrected chi connectivity index (χ3v) is 2.16. The summed E-state index contributed by atoms with van der Waals surface area (Å²) in [5.74, 6) is -1.61. The Balaban J connectivity index is 2.13. The molecule has 0 fully saturated rings. The topological polar surface area (TPSA) is 150 Å². The summed E-state index contributed by atoms with van der Waals surface area (Å²) in [6.07, 6.45) is 1.14. The third kappa shape index (κ3) is 2.16. The summed E-state index contributed by atoms with van der Waals surface area (Å²) in [5.41, 5.74) is -0.467. The molecule has 0 aliphatic rings. The normalized spacial score (nSPS) is 12.1. The Morgan fingerprint density at radius 2 is 2.28 bits per heavy atom. The number of nitrogens with one attached hydrogen (secondary N) is 3. The van der Waals surface area contributed by atoms with Crippen LogP contribution in [0.5, 0.6) is 0 Å². The fourth-order valence-electron chi connectivity index (χ4n) is 1.31. The number of tetrazole rings is 1. The van der Waals surface area contributed by atoms with Gasteiger partial charge in [-0.15, -0.1) is 10.2 Å². The van der Waals surface area contributed by atoms with Gasteiger partial charge in [0.25, 0.3) is 5.91 Å². The van der Waals surface area contributed by atoms with Crippen molar-refractivity contribution in [2.75, 3.05) is 0 Å². The first-order valence-corrected chi connectivity index (χ1v) is 4.90. The predicted molar refractivity (Wildman–Crippen MR) is 55.6 cm³/mol. The van der Waals surface area contributed by atoms with Crippen molar-refractivity contribution in [3.05, 3.63) is 23.5 Å². The highest BCUT2D eigenvalue weighted by molar-refractivity contribution is 6.02. The molecule has 18 heavy (non-hydrogen) atoms. The van der Waals surface area contributed by atoms with Gasteiger partial charge < -0.3 is 15.4 Å². The molecule has 0 radical (unpaired) electrons. The van der Waals surface area contributed by atoms with E-state index in [0.29, 0.717) is 0 Å². The monoisotopic (exact) mass is 251 g/mol. The lowest BCUT2D eigenvalue weighted by atomic mass is 10.2. The molecule has 0 bridgehead atoms. The molecule has 10 heteroatoms. The first-order valence-electron chi connectivity index (χ1n) is 4.90. The number of H-pyrrole nitrogens is 2. The number of carboxylic acids is 1. The van der Waals surface area contributed by atoms with Gasteiger partial charge >= 0.3 is 5.97 Å². The first kappa shape index (κ1) is 11.7. The van der Waals surface area contributed by atoms with E-state index in [-0.39, 0.29) is 17.2 Å². The summed E-state index contributed by atoms with van der Waals surface area (Å²) >= 11 is 0. The highest BCUT2D eigenvalue weighted by atomic mass is 16.4. The van der Waals surface area contributed by atoms with E-state index in [2.05, 4.69) is 35.9 Å². The van der Waals surface area contributed by atoms with Crippen molar-refractivity contribution in [3.63, 3.8) is 0 Å². The summed E-state index contributed by atoms with van der Waals surface area (Å²) in [7, 11) is 0. The number of carbonyl (C=O) groups excluding carboxylic acids is 1. The van der Waals surface area contributed by atoms with Crippen LogP contribution in [0.1, 0.15) is 39.8 Å². The molecule has 0 aliphatic carbocycles. The van der Waals surface area contributed by atoms with Crippen LogP contribution < -0.4 is 5.32 Å². The van der Waals surface area contributed by atoms with E-state index in [1.165, 1.54) is 0 Å². The standard InChI is InChI=1S/C8H9N7O3/c1-3(6-12-14-15-13-6)11-7(16)4-5(8(17)18)10-2-9-4/h2-3H,1H3,(H,9,10)(H,11,16)(H,17,18)(H,12,13,14,15). The highest BCUT2D eigenvalue weighted by Gasteiger charge is 2.22. The van der Waals surface area contributed by atoms with Gasteiger partial charge in [0.15, 0.2) is 17.2 Å². The Labute approximate surface area is 99.8 Å². The second-order valence-electron chi connectivity index (χ2n) is 3.40. The Kier molecular flexibility index (Phi) is 3.00. The van der Waals surface area contributed by atoms with E-state index in [4.69, 9.17) is 5.11 Å². The lowest BCUT2D eigenvalue weighted by Crippen LogP contribution is -2.29. The Morgan fingerprint density at radius 3 is 2.89 bits per heavy atom. The molecule has 0 aliphatic heterocycles. The number of aromatic nitrogens is 6. The minimum Gasteiger partial charge on any atom is -0.477 e. The van der Waals surface area contributed by atoms with Crippen molar-refractivity contribution in [1.82, 2.24) is 35.9 Å². The van der Waals surface area contributed by atoms with Gasteiger partial charge in [-0.1, -0.05) is 5.21 Å². The number of hydrogen-bond acceptors (Lipinski definition) is 6. The smallest absolute Gasteiger partial charge is 0.354 e. The van der Waals surface area contributed by atoms with E-state index >= 15 is 0 Å². The molecule has 2 rings (SSSR count). The van der Waals surface area contributed by atoms with Crippen LogP contribution in [0.3, 0.4) is 0 Å². The molecule has 94 valence electrons. The van der Waals surface area contributed by atoms with Gasteiger partial charge in [-0.2, -0.15) is 5.21 Å². The molecule has 10 nitrogen and oxygen atoms in total. The fourth-order valence-corrected chi connectivity index (χ4v) is 1.31. The second-order valence-corrected chi connectivity index (χ2v) is 3.40. The Morgan fingerprint density at radius 1 is 1.50 bits per heavy atom. The Hall–Kier alpha value is -2.78. The van der Waals surface area contributed by atoms with Crippen LogP contribution in [-0.4, -0.2) is 47.6 Å². The van der Waals surface area contributed by atoms with E-state index in [0.717, 1.165) is 6.33 Å². The van der Waals surface area contributed by atoms with E-state index in [1.54, 1.807) is 6.92 Å². The molecule has 4 N–H and O–H groups in total. The quantitative estimate of drug-likeness (QED) is 0.550. The average Bonchev–Trinajstić information content (AvgIpc) is 3.00. The minimum absolute atomic E-state index is 0.196. The van der Waals surface area contributed by atoms with E-state index in [1.807, 2.05) is 0 Å². The number of imidazole rings is 1. The zero-order chi connectivity index (χ0) is 13.1. The van der Waals surface area contributed by atoms with Crippen LogP contribution in [0.15, 0.2) is 6.33 Å². The maximum absolute atomic E-state index is 11.8. The zero-order valence-electron chi connectivity index (χ0n) is 9.21. The van der Waals surface area contributed by atoms with Crippen molar-refractivity contribution >= 4 is 11.9 Å². The minimum atomic E-state index is -1.26. The maximum atomic E-state index is 11.8. The van der Waals surface area contributed by atoms with Gasteiger partial charge in [-0.3, -0.25) is 4.79 Å². The van der Waals surface area contributed by atoms with Crippen LogP contribution in [0, 0.1) is 0 Å². The summed E-state index contributed by atoms with van der Waals surface area (Å²) in [4.78, 5) is 28.6. The number of nitrogens with zero attached hydrogens (tertiary/aromatic N) is 4. The summed E-state index contributed by atoms with van der Waals surface area (Å²) < 4.78 is 0. The summed E-state index contributed by atoms with van der Waals surface area (Å²) in [5, 5.41) is 24.4. The lowest BCUT2D eigenvalue weighted by molar-refractivity contribution is 0.0684. The van der Waals surface area contributed by atoms with Crippen molar-refractivity contribution in [1.29, 1.82) is 0 Å². The molecule has 2 heterocycles. The molecule has 1 atom stereocenters. The van der Waals surface area contributed by atoms with Gasteiger partial charge in [-0.25, -0.2) is 9.78 Å². The predicted octanol–water partition coefficient (Wildman–Crippen LogP) is -0.888. The van der Waals surface area contributed by atoms with Crippen LogP contribution >= 0.6 is 0 Å². The van der Waals surface area contributed by atoms with Crippen LogP contribution in [0.4, 0.5) is 0 Å². The molecule has 1 amide bonds. The van der Waals surface area contributed by atoms with Gasteiger partial charge in [0, 0.05) is 0 Å². The SMILES string of the molecule is CC(NC(=O)c1nc[nH]c1C(=O)O)c1nn[nH]n1. The Bertz CT molecular complexity index is 561. The van der Waals surface area contributed by atoms with Crippen LogP contribution in [0.25, 0.3) is 0 Å². The second kappa shape index (κ2) is 4.61. The van der Waals surface area contributed by atoms with E-state index < -0.39 is 17.9 Å². The summed E-state index contributed by atoms with van der Waals surface area (Å²) in [6, 6.07) is -0.519. The molecular weight excluding hydrogens is 242 g/mol. The van der Waals surface area contributed by atoms with Crippen molar-refractivity contribution < 1.29 is 14.7 Å². The summed E-state index contributed by atoms with van der Waals surface area (Å²) in [6.45, 7) is 1.63. The molecule has 2 aromatic heterocycles. The molecule has 0 spiro atoms. The number of aromatic amines is 2. The maximum Gasteiger partial charge on any atom is 0.354 e. The molecule has 1 unspecified atom stereocenters. The first-order chi connectivity index (χ1) is 8.59. The van der Waals surface area contributed by atoms with Crippen molar-refractivity contribution in [2.24, 2.45) is 0 Å². The number of carboxylic acid groups (broad SMARTS) is 1. The average molecular weight is 251 g/mol. The van der Waals surface area contributed by atoms with Gasteiger partial charge in [-0.05, 0) is 6.92 Å². The number of carbonyl (C=O) groups is 2. The molecular formula is C8H9N7O3. The largest absolute Gasteiger partial charge is 0.477 e. The van der Waals surface area contributed by atoms with Crippen molar-refractivity contribution in [2.45, 2.75) is 13.0 Å². The highest BCUT2D eigenvalue weighted by Crippen LogP contribution is 2.07. The molecule has 0 saturated heterocycles. The lowest BCUT2D eigenvalue weighted by Gasteiger charge is -2.08. The van der Waals surface area contributed by atoms with Crippen LogP contribution in [-0.2, 0) is 0 Å². The number of aromatic carboxylic acids is 1. The van der Waals surface area contributed by atoms with E-state index in [9.17, 15) is 9.59 Å². The number of rotatable bonds is 4. The third-order valence-electron chi connectivity index (χ3n) is 2.16. The molecule has 0 aromatic carbocycles. The molecule has 0 saturated carbocycles. The van der Waals surface area contributed by atoms with Gasteiger partial charge in [0.1, 0.15) is 0 Å². The van der Waals surface area contributed by atoms with Crippen molar-refractivity contribution in [3.8, 4) is 0 Å². The van der Waals surface area contributed by atoms with Gasteiger partial charge in [0.05, 0.1) is 12.4 Å².